The molecule has 1 aromatic carbocycles. The summed E-state index contributed by atoms with van der Waals surface area (Å²) in [6.45, 7) is 6.47. The lowest BCUT2D eigenvalue weighted by Gasteiger charge is -2.16. The third kappa shape index (κ3) is 5.67. The minimum Gasteiger partial charge on any atom is -0.482 e. The molecule has 0 unspecified atom stereocenters. The number of Topliss-reactive ketones (excluding diaryl/α,β-unsaturated/α-hetero) is 1. The fourth-order valence-corrected chi connectivity index (χ4v) is 2.27. The van der Waals surface area contributed by atoms with Gasteiger partial charge >= 0.3 is 5.97 Å². The SMILES string of the molecule is CC(=O)c1ccc(OCC(=O)O[C@H](C)C(=O)Nc2ccnn2C(C)C)cc1. The first-order valence-corrected chi connectivity index (χ1v) is 8.55. The second-order valence-corrected chi connectivity index (χ2v) is 6.25. The van der Waals surface area contributed by atoms with E-state index in [-0.39, 0.29) is 18.4 Å². The van der Waals surface area contributed by atoms with Gasteiger partial charge in [-0.25, -0.2) is 9.48 Å². The minimum absolute atomic E-state index is 0.0559. The molecule has 0 aliphatic carbocycles. The standard InChI is InChI=1S/C19H23N3O5/c1-12(2)22-17(9-10-20-22)21-19(25)14(4)27-18(24)11-26-16-7-5-15(6-8-16)13(3)23/h5-10,12,14H,11H2,1-4H3,(H,21,25)/t14-/m1/s1. The fraction of sp³-hybridized carbons (Fsp3) is 0.368. The summed E-state index contributed by atoms with van der Waals surface area (Å²) in [7, 11) is 0. The van der Waals surface area contributed by atoms with Crippen LogP contribution in [0.5, 0.6) is 5.75 Å². The highest BCUT2D eigenvalue weighted by molar-refractivity contribution is 5.94. The number of benzene rings is 1. The zero-order valence-corrected chi connectivity index (χ0v) is 15.8. The summed E-state index contributed by atoms with van der Waals surface area (Å²) in [5.74, 6) is -0.239. The Morgan fingerprint density at radius 1 is 1.11 bits per heavy atom. The van der Waals surface area contributed by atoms with E-state index in [9.17, 15) is 14.4 Å². The Morgan fingerprint density at radius 2 is 1.78 bits per heavy atom. The van der Waals surface area contributed by atoms with E-state index in [4.69, 9.17) is 9.47 Å². The van der Waals surface area contributed by atoms with Crippen molar-refractivity contribution in [3.05, 3.63) is 42.1 Å². The van der Waals surface area contributed by atoms with Crippen LogP contribution in [0, 0.1) is 0 Å². The molecule has 1 amide bonds. The Bertz CT molecular complexity index is 811. The maximum Gasteiger partial charge on any atom is 0.344 e. The fourth-order valence-electron chi connectivity index (χ4n) is 2.27. The van der Waals surface area contributed by atoms with Gasteiger partial charge < -0.3 is 14.8 Å². The number of rotatable bonds is 8. The number of anilines is 1. The number of carbonyl (C=O) groups excluding carboxylic acids is 3. The third-order valence-electron chi connectivity index (χ3n) is 3.71. The van der Waals surface area contributed by atoms with Crippen LogP contribution >= 0.6 is 0 Å². The first-order chi connectivity index (χ1) is 12.8. The molecule has 0 aliphatic heterocycles. The quantitative estimate of drug-likeness (QED) is 0.564. The van der Waals surface area contributed by atoms with E-state index >= 15 is 0 Å². The van der Waals surface area contributed by atoms with E-state index in [1.807, 2.05) is 13.8 Å². The van der Waals surface area contributed by atoms with Gasteiger partial charge in [-0.2, -0.15) is 5.10 Å². The van der Waals surface area contributed by atoms with E-state index in [1.165, 1.54) is 13.8 Å². The number of ketones is 1. The van der Waals surface area contributed by atoms with E-state index in [2.05, 4.69) is 10.4 Å². The molecule has 1 atom stereocenters. The normalized spacial score (nSPS) is 11.7. The number of aromatic nitrogens is 2. The Balaban J connectivity index is 1.83. The second kappa shape index (κ2) is 8.98. The van der Waals surface area contributed by atoms with E-state index in [0.717, 1.165) is 0 Å². The summed E-state index contributed by atoms with van der Waals surface area (Å²) in [5.41, 5.74) is 0.552. The molecule has 0 spiro atoms. The predicted molar refractivity (Wildman–Crippen MR) is 98.7 cm³/mol. The Labute approximate surface area is 157 Å². The molecule has 27 heavy (non-hydrogen) atoms. The van der Waals surface area contributed by atoms with E-state index in [0.29, 0.717) is 17.1 Å². The molecule has 1 N–H and O–H groups in total. The lowest BCUT2D eigenvalue weighted by molar-refractivity contribution is -0.155. The topological polar surface area (TPSA) is 99.5 Å². The number of nitrogens with zero attached hydrogens (tertiary/aromatic N) is 2. The number of hydrogen-bond donors (Lipinski definition) is 1. The Morgan fingerprint density at radius 3 is 2.37 bits per heavy atom. The van der Waals surface area contributed by atoms with Crippen LogP contribution < -0.4 is 10.1 Å². The van der Waals surface area contributed by atoms with Gasteiger partial charge in [-0.05, 0) is 52.0 Å². The lowest BCUT2D eigenvalue weighted by atomic mass is 10.1. The van der Waals surface area contributed by atoms with Gasteiger partial charge in [0.15, 0.2) is 18.5 Å². The molecule has 0 bridgehead atoms. The zero-order chi connectivity index (χ0) is 20.0. The smallest absolute Gasteiger partial charge is 0.344 e. The molecule has 0 saturated heterocycles. The van der Waals surface area contributed by atoms with Crippen LogP contribution in [0.3, 0.4) is 0 Å². The van der Waals surface area contributed by atoms with Crippen LogP contribution in [0.4, 0.5) is 5.82 Å². The van der Waals surface area contributed by atoms with E-state index in [1.54, 1.807) is 41.2 Å². The first kappa shape index (κ1) is 20.2. The molecule has 144 valence electrons. The number of ether oxygens (including phenoxy) is 2. The number of amides is 1. The van der Waals surface area contributed by atoms with Crippen molar-refractivity contribution in [2.24, 2.45) is 0 Å². The number of carbonyl (C=O) groups is 3. The molecular weight excluding hydrogens is 350 g/mol. The summed E-state index contributed by atoms with van der Waals surface area (Å²) in [5, 5.41) is 6.80. The van der Waals surface area contributed by atoms with Gasteiger partial charge in [0.1, 0.15) is 11.6 Å². The summed E-state index contributed by atoms with van der Waals surface area (Å²) < 4.78 is 12.0. The van der Waals surface area contributed by atoms with Crippen LogP contribution in [0.15, 0.2) is 36.5 Å². The number of esters is 1. The molecule has 0 fully saturated rings. The van der Waals surface area contributed by atoms with E-state index < -0.39 is 18.0 Å². The summed E-state index contributed by atoms with van der Waals surface area (Å²) in [6.07, 6.45) is 0.592. The molecule has 1 heterocycles. The molecule has 1 aromatic heterocycles. The van der Waals surface area contributed by atoms with Crippen molar-refractivity contribution in [1.29, 1.82) is 0 Å². The maximum atomic E-state index is 12.2. The van der Waals surface area contributed by atoms with Gasteiger partial charge in [0.05, 0.1) is 6.20 Å². The van der Waals surface area contributed by atoms with Gasteiger partial charge in [-0.15, -0.1) is 0 Å². The van der Waals surface area contributed by atoms with Crippen molar-refractivity contribution in [3.8, 4) is 5.75 Å². The molecule has 0 saturated carbocycles. The Hall–Kier alpha value is -3.16. The molecular formula is C19H23N3O5. The second-order valence-electron chi connectivity index (χ2n) is 6.25. The minimum atomic E-state index is -0.989. The summed E-state index contributed by atoms with van der Waals surface area (Å²) in [4.78, 5) is 35.3. The highest BCUT2D eigenvalue weighted by Gasteiger charge is 2.20. The van der Waals surface area contributed by atoms with Gasteiger partial charge in [-0.1, -0.05) is 0 Å². The number of hydrogen-bond acceptors (Lipinski definition) is 6. The average Bonchev–Trinajstić information content (AvgIpc) is 3.08. The van der Waals surface area contributed by atoms with Gasteiger partial charge in [0.2, 0.25) is 0 Å². The monoisotopic (exact) mass is 373 g/mol. The molecule has 2 rings (SSSR count). The molecule has 8 nitrogen and oxygen atoms in total. The molecule has 8 heteroatoms. The van der Waals surface area contributed by atoms with Crippen LogP contribution in [0.2, 0.25) is 0 Å². The van der Waals surface area contributed by atoms with Gasteiger partial charge in [0.25, 0.3) is 5.91 Å². The molecule has 2 aromatic rings. The number of nitrogens with one attached hydrogen (secondary N) is 1. The summed E-state index contributed by atoms with van der Waals surface area (Å²) in [6, 6.07) is 8.14. The van der Waals surface area contributed by atoms with Crippen LogP contribution in [-0.2, 0) is 14.3 Å². The lowest BCUT2D eigenvalue weighted by Crippen LogP contribution is -2.32. The Kier molecular flexibility index (Phi) is 6.70. The molecule has 0 aliphatic rings. The summed E-state index contributed by atoms with van der Waals surface area (Å²) >= 11 is 0. The van der Waals surface area contributed by atoms with Crippen molar-refractivity contribution < 1.29 is 23.9 Å². The zero-order valence-electron chi connectivity index (χ0n) is 15.8. The van der Waals surface area contributed by atoms with Crippen LogP contribution in [0.1, 0.15) is 44.1 Å². The van der Waals surface area contributed by atoms with Crippen molar-refractivity contribution in [3.63, 3.8) is 0 Å². The van der Waals surface area contributed by atoms with Crippen molar-refractivity contribution in [2.45, 2.75) is 39.8 Å². The highest BCUT2D eigenvalue weighted by Crippen LogP contribution is 2.14. The molecule has 0 radical (unpaired) electrons. The van der Waals surface area contributed by atoms with Crippen LogP contribution in [0.25, 0.3) is 0 Å². The van der Waals surface area contributed by atoms with Gasteiger partial charge in [-0.3, -0.25) is 9.59 Å². The predicted octanol–water partition coefficient (Wildman–Crippen LogP) is 2.62. The largest absolute Gasteiger partial charge is 0.482 e. The van der Waals surface area contributed by atoms with Crippen molar-refractivity contribution >= 4 is 23.5 Å². The van der Waals surface area contributed by atoms with Gasteiger partial charge in [0, 0.05) is 17.7 Å². The van der Waals surface area contributed by atoms with Crippen molar-refractivity contribution in [1.82, 2.24) is 9.78 Å². The van der Waals surface area contributed by atoms with Crippen molar-refractivity contribution in [2.75, 3.05) is 11.9 Å². The van der Waals surface area contributed by atoms with Crippen LogP contribution in [-0.4, -0.2) is 40.2 Å². The highest BCUT2D eigenvalue weighted by atomic mass is 16.6. The maximum absolute atomic E-state index is 12.2. The first-order valence-electron chi connectivity index (χ1n) is 8.55. The third-order valence-corrected chi connectivity index (χ3v) is 3.71. The average molecular weight is 373 g/mol.